The second-order valence-electron chi connectivity index (χ2n) is 2.66. The van der Waals surface area contributed by atoms with Gasteiger partial charge in [0.25, 0.3) is 0 Å². The average Bonchev–Trinajstić information content (AvgIpc) is 2.11. The van der Waals surface area contributed by atoms with Crippen LogP contribution in [0.4, 0.5) is 0 Å². The van der Waals surface area contributed by atoms with Crippen molar-refractivity contribution in [2.24, 2.45) is 0 Å². The molecule has 0 aromatic rings. The van der Waals surface area contributed by atoms with E-state index in [4.69, 9.17) is 15.1 Å². The molecule has 0 fully saturated rings. The van der Waals surface area contributed by atoms with Crippen molar-refractivity contribution in [3.05, 3.63) is 11.6 Å². The molecule has 0 spiro atoms. The standard InChI is InChI=1S/C9H13NO3/c1-7(13-2)4-3-5-8(6-10)9(11)12/h5,7H,3-4H2,1-2H3,(H,11,12). The molecule has 0 rings (SSSR count). The Bertz CT molecular complexity index is 240. The van der Waals surface area contributed by atoms with Crippen LogP contribution < -0.4 is 0 Å². The minimum atomic E-state index is -1.17. The summed E-state index contributed by atoms with van der Waals surface area (Å²) in [4.78, 5) is 10.4. The van der Waals surface area contributed by atoms with Crippen LogP contribution in [0.15, 0.2) is 11.6 Å². The molecule has 0 bridgehead atoms. The minimum Gasteiger partial charge on any atom is -0.477 e. The first-order valence-corrected chi connectivity index (χ1v) is 3.98. The summed E-state index contributed by atoms with van der Waals surface area (Å²) in [5.74, 6) is -1.17. The molecule has 0 aliphatic heterocycles. The van der Waals surface area contributed by atoms with E-state index < -0.39 is 5.97 Å². The number of ether oxygens (including phenoxy) is 1. The predicted molar refractivity (Wildman–Crippen MR) is 47.0 cm³/mol. The van der Waals surface area contributed by atoms with Crippen molar-refractivity contribution >= 4 is 5.97 Å². The molecule has 1 N–H and O–H groups in total. The third kappa shape index (κ3) is 4.99. The molecule has 0 saturated heterocycles. The fourth-order valence-electron chi connectivity index (χ4n) is 0.761. The van der Waals surface area contributed by atoms with Gasteiger partial charge in [0.05, 0.1) is 6.10 Å². The summed E-state index contributed by atoms with van der Waals surface area (Å²) in [5.41, 5.74) is -0.205. The molecule has 0 aliphatic carbocycles. The van der Waals surface area contributed by atoms with Gasteiger partial charge in [-0.25, -0.2) is 4.79 Å². The van der Waals surface area contributed by atoms with Crippen LogP contribution in [0.25, 0.3) is 0 Å². The zero-order valence-electron chi connectivity index (χ0n) is 7.78. The largest absolute Gasteiger partial charge is 0.477 e. The van der Waals surface area contributed by atoms with Gasteiger partial charge in [-0.3, -0.25) is 0 Å². The molecular formula is C9H13NO3. The van der Waals surface area contributed by atoms with Crippen molar-refractivity contribution in [2.45, 2.75) is 25.9 Å². The molecular weight excluding hydrogens is 170 g/mol. The van der Waals surface area contributed by atoms with Gasteiger partial charge in [-0.05, 0) is 19.8 Å². The summed E-state index contributed by atoms with van der Waals surface area (Å²) in [6.07, 6.45) is 2.77. The Hall–Kier alpha value is -1.34. The van der Waals surface area contributed by atoms with Crippen molar-refractivity contribution in [1.29, 1.82) is 5.26 Å². The lowest BCUT2D eigenvalue weighted by atomic mass is 10.1. The highest BCUT2D eigenvalue weighted by molar-refractivity contribution is 5.90. The molecule has 0 saturated carbocycles. The molecule has 1 unspecified atom stereocenters. The SMILES string of the molecule is COC(C)CCC=C(C#N)C(=O)O. The maximum absolute atomic E-state index is 10.4. The Balaban J connectivity index is 3.96. The highest BCUT2D eigenvalue weighted by atomic mass is 16.5. The van der Waals surface area contributed by atoms with Crippen molar-refractivity contribution in [3.8, 4) is 6.07 Å². The van der Waals surface area contributed by atoms with Gasteiger partial charge in [0.15, 0.2) is 0 Å². The van der Waals surface area contributed by atoms with Crippen molar-refractivity contribution in [1.82, 2.24) is 0 Å². The van der Waals surface area contributed by atoms with Gasteiger partial charge >= 0.3 is 5.97 Å². The van der Waals surface area contributed by atoms with E-state index in [0.29, 0.717) is 6.42 Å². The quantitative estimate of drug-likeness (QED) is 0.515. The van der Waals surface area contributed by atoms with Crippen LogP contribution in [0.5, 0.6) is 0 Å². The Morgan fingerprint density at radius 3 is 2.77 bits per heavy atom. The molecule has 4 nitrogen and oxygen atoms in total. The number of nitrogens with zero attached hydrogens (tertiary/aromatic N) is 1. The zero-order valence-corrected chi connectivity index (χ0v) is 7.78. The van der Waals surface area contributed by atoms with Gasteiger partial charge in [0.2, 0.25) is 0 Å². The van der Waals surface area contributed by atoms with Crippen LogP contribution in [0.3, 0.4) is 0 Å². The van der Waals surface area contributed by atoms with E-state index >= 15 is 0 Å². The molecule has 0 heterocycles. The average molecular weight is 183 g/mol. The first-order chi connectivity index (χ1) is 6.11. The Kier molecular flexibility index (Phi) is 5.57. The number of allylic oxidation sites excluding steroid dienone is 1. The van der Waals surface area contributed by atoms with Crippen molar-refractivity contribution in [2.75, 3.05) is 7.11 Å². The van der Waals surface area contributed by atoms with Gasteiger partial charge < -0.3 is 9.84 Å². The van der Waals surface area contributed by atoms with Crippen molar-refractivity contribution < 1.29 is 14.6 Å². The normalized spacial score (nSPS) is 13.5. The summed E-state index contributed by atoms with van der Waals surface area (Å²) < 4.78 is 4.97. The van der Waals surface area contributed by atoms with Crippen LogP contribution in [0.1, 0.15) is 19.8 Å². The van der Waals surface area contributed by atoms with Gasteiger partial charge in [-0.2, -0.15) is 5.26 Å². The van der Waals surface area contributed by atoms with Crippen molar-refractivity contribution in [3.63, 3.8) is 0 Å². The summed E-state index contributed by atoms with van der Waals surface area (Å²) in [7, 11) is 1.59. The molecule has 13 heavy (non-hydrogen) atoms. The highest BCUT2D eigenvalue weighted by Crippen LogP contribution is 2.03. The first-order valence-electron chi connectivity index (χ1n) is 3.98. The highest BCUT2D eigenvalue weighted by Gasteiger charge is 2.05. The van der Waals surface area contributed by atoms with E-state index in [-0.39, 0.29) is 11.7 Å². The Morgan fingerprint density at radius 2 is 2.38 bits per heavy atom. The number of methoxy groups -OCH3 is 1. The first kappa shape index (κ1) is 11.7. The van der Waals surface area contributed by atoms with Gasteiger partial charge in [-0.15, -0.1) is 0 Å². The predicted octanol–water partition coefficient (Wildman–Crippen LogP) is 1.34. The monoisotopic (exact) mass is 183 g/mol. The number of carbonyl (C=O) groups is 1. The Labute approximate surface area is 77.4 Å². The lowest BCUT2D eigenvalue weighted by Gasteiger charge is -2.05. The number of nitriles is 1. The second kappa shape index (κ2) is 6.21. The van der Waals surface area contributed by atoms with E-state index in [2.05, 4.69) is 0 Å². The number of hydrogen-bond acceptors (Lipinski definition) is 3. The third-order valence-corrected chi connectivity index (χ3v) is 1.67. The van der Waals surface area contributed by atoms with E-state index in [0.717, 1.165) is 6.42 Å². The maximum Gasteiger partial charge on any atom is 0.346 e. The van der Waals surface area contributed by atoms with Crippen LogP contribution in [0.2, 0.25) is 0 Å². The molecule has 4 heteroatoms. The lowest BCUT2D eigenvalue weighted by molar-refractivity contribution is -0.132. The molecule has 1 atom stereocenters. The van der Waals surface area contributed by atoms with Gasteiger partial charge in [0.1, 0.15) is 11.6 Å². The maximum atomic E-state index is 10.4. The molecule has 0 aromatic heterocycles. The molecule has 0 aliphatic rings. The number of rotatable bonds is 5. The number of carboxylic acid groups (broad SMARTS) is 1. The third-order valence-electron chi connectivity index (χ3n) is 1.67. The summed E-state index contributed by atoms with van der Waals surface area (Å²) in [6.45, 7) is 1.89. The molecule has 0 aromatic carbocycles. The second-order valence-corrected chi connectivity index (χ2v) is 2.66. The minimum absolute atomic E-state index is 0.0880. The zero-order chi connectivity index (χ0) is 10.3. The van der Waals surface area contributed by atoms with E-state index in [1.807, 2.05) is 6.92 Å². The Morgan fingerprint density at radius 1 is 1.77 bits per heavy atom. The topological polar surface area (TPSA) is 70.3 Å². The number of hydrogen-bond donors (Lipinski definition) is 1. The van der Waals surface area contributed by atoms with Crippen LogP contribution in [-0.4, -0.2) is 24.3 Å². The molecule has 72 valence electrons. The van der Waals surface area contributed by atoms with E-state index in [1.54, 1.807) is 13.2 Å². The van der Waals surface area contributed by atoms with E-state index in [9.17, 15) is 4.79 Å². The van der Waals surface area contributed by atoms with Crippen LogP contribution in [0, 0.1) is 11.3 Å². The van der Waals surface area contributed by atoms with E-state index in [1.165, 1.54) is 6.08 Å². The van der Waals surface area contributed by atoms with Crippen LogP contribution in [-0.2, 0) is 9.53 Å². The number of carboxylic acids is 1. The summed E-state index contributed by atoms with van der Waals surface area (Å²) >= 11 is 0. The molecule has 0 radical (unpaired) electrons. The fourth-order valence-corrected chi connectivity index (χ4v) is 0.761. The lowest BCUT2D eigenvalue weighted by Crippen LogP contribution is -2.04. The fraction of sp³-hybridized carbons (Fsp3) is 0.556. The summed E-state index contributed by atoms with van der Waals surface area (Å²) in [5, 5.41) is 16.9. The smallest absolute Gasteiger partial charge is 0.346 e. The summed E-state index contributed by atoms with van der Waals surface area (Å²) in [6, 6.07) is 1.61. The van der Waals surface area contributed by atoms with Gasteiger partial charge in [-0.1, -0.05) is 6.08 Å². The molecule has 0 amide bonds. The van der Waals surface area contributed by atoms with Gasteiger partial charge in [0, 0.05) is 7.11 Å². The van der Waals surface area contributed by atoms with Crippen LogP contribution >= 0.6 is 0 Å². The number of aliphatic carboxylic acids is 1.